The number of hydrogen-bond donors (Lipinski definition) is 1. The number of halogens is 1. The van der Waals surface area contributed by atoms with Gasteiger partial charge in [0.2, 0.25) is 0 Å². The number of anilines is 2. The molecule has 0 aliphatic heterocycles. The molecule has 4 heteroatoms. The summed E-state index contributed by atoms with van der Waals surface area (Å²) in [6.07, 6.45) is 4.10. The highest BCUT2D eigenvalue weighted by Crippen LogP contribution is 2.37. The Hall–Kier alpha value is -1.61. The average Bonchev–Trinajstić information content (AvgIpc) is 3.07. The Labute approximate surface area is 111 Å². The van der Waals surface area contributed by atoms with Crippen LogP contribution in [0, 0.1) is 0 Å². The number of nitrogens with two attached hydrogens (primary N) is 1. The second-order valence-electron chi connectivity index (χ2n) is 4.64. The van der Waals surface area contributed by atoms with Gasteiger partial charge in [-0.05, 0) is 43.2 Å². The van der Waals surface area contributed by atoms with Crippen molar-refractivity contribution >= 4 is 23.0 Å². The summed E-state index contributed by atoms with van der Waals surface area (Å²) in [6.45, 7) is 0.738. The van der Waals surface area contributed by atoms with Gasteiger partial charge in [-0.1, -0.05) is 11.6 Å². The lowest BCUT2D eigenvalue weighted by Crippen LogP contribution is -2.25. The van der Waals surface area contributed by atoms with E-state index in [9.17, 15) is 0 Å². The molecule has 0 unspecified atom stereocenters. The summed E-state index contributed by atoms with van der Waals surface area (Å²) < 4.78 is 5.42. The van der Waals surface area contributed by atoms with Crippen LogP contribution in [0.2, 0.25) is 5.02 Å². The van der Waals surface area contributed by atoms with E-state index in [0.717, 1.165) is 23.7 Å². The first kappa shape index (κ1) is 11.5. The van der Waals surface area contributed by atoms with Crippen molar-refractivity contribution in [3.05, 3.63) is 47.4 Å². The summed E-state index contributed by atoms with van der Waals surface area (Å²) in [4.78, 5) is 2.28. The molecule has 1 heterocycles. The van der Waals surface area contributed by atoms with Crippen molar-refractivity contribution in [3.8, 4) is 0 Å². The van der Waals surface area contributed by atoms with Crippen molar-refractivity contribution in [3.63, 3.8) is 0 Å². The predicted molar refractivity (Wildman–Crippen MR) is 73.8 cm³/mol. The van der Waals surface area contributed by atoms with Gasteiger partial charge >= 0.3 is 0 Å². The molecule has 1 aliphatic rings. The Kier molecular flexibility index (Phi) is 2.92. The smallest absolute Gasteiger partial charge is 0.123 e. The molecule has 0 saturated heterocycles. The fraction of sp³-hybridized carbons (Fsp3) is 0.286. The monoisotopic (exact) mass is 262 g/mol. The molecule has 0 amide bonds. The lowest BCUT2D eigenvalue weighted by molar-refractivity contribution is 0.501. The molecule has 0 atom stereocenters. The molecule has 18 heavy (non-hydrogen) atoms. The van der Waals surface area contributed by atoms with Gasteiger partial charge in [0.1, 0.15) is 5.76 Å². The molecule has 1 saturated carbocycles. The summed E-state index contributed by atoms with van der Waals surface area (Å²) in [6, 6.07) is 10.0. The Morgan fingerprint density at radius 1 is 1.33 bits per heavy atom. The third-order valence-electron chi connectivity index (χ3n) is 3.20. The number of nitrogens with zero attached hydrogens (tertiary/aromatic N) is 1. The van der Waals surface area contributed by atoms with Gasteiger partial charge in [0, 0.05) is 11.1 Å². The van der Waals surface area contributed by atoms with Crippen LogP contribution in [0.4, 0.5) is 11.4 Å². The van der Waals surface area contributed by atoms with Gasteiger partial charge in [-0.3, -0.25) is 0 Å². The standard InChI is InChI=1S/C14H15ClN2O/c15-10-3-6-13(16)14(8-10)17(11-4-5-11)9-12-2-1-7-18-12/h1-3,6-8,11H,4-5,9,16H2. The fourth-order valence-corrected chi connectivity index (χ4v) is 2.30. The van der Waals surface area contributed by atoms with Crippen LogP contribution in [0.5, 0.6) is 0 Å². The lowest BCUT2D eigenvalue weighted by Gasteiger charge is -2.25. The number of rotatable bonds is 4. The quantitative estimate of drug-likeness (QED) is 0.855. The molecule has 1 aliphatic carbocycles. The number of hydrogen-bond acceptors (Lipinski definition) is 3. The van der Waals surface area contributed by atoms with Gasteiger partial charge in [0.25, 0.3) is 0 Å². The highest BCUT2D eigenvalue weighted by molar-refractivity contribution is 6.31. The van der Waals surface area contributed by atoms with Gasteiger partial charge in [0.15, 0.2) is 0 Å². The Bertz CT molecular complexity index is 535. The zero-order valence-electron chi connectivity index (χ0n) is 9.97. The van der Waals surface area contributed by atoms with Gasteiger partial charge in [-0.2, -0.15) is 0 Å². The van der Waals surface area contributed by atoms with E-state index in [0.29, 0.717) is 11.1 Å². The van der Waals surface area contributed by atoms with Crippen LogP contribution in [0.15, 0.2) is 41.0 Å². The summed E-state index contributed by atoms with van der Waals surface area (Å²) >= 11 is 6.06. The van der Waals surface area contributed by atoms with E-state index in [1.807, 2.05) is 30.3 Å². The van der Waals surface area contributed by atoms with Crippen molar-refractivity contribution < 1.29 is 4.42 Å². The van der Waals surface area contributed by atoms with Crippen LogP contribution >= 0.6 is 11.6 Å². The third kappa shape index (κ3) is 2.31. The second-order valence-corrected chi connectivity index (χ2v) is 5.08. The first-order valence-corrected chi connectivity index (χ1v) is 6.46. The van der Waals surface area contributed by atoms with E-state index < -0.39 is 0 Å². The number of benzene rings is 1. The number of nitrogen functional groups attached to an aromatic ring is 1. The molecule has 0 bridgehead atoms. The molecular formula is C14H15ClN2O. The SMILES string of the molecule is Nc1ccc(Cl)cc1N(Cc1ccco1)C1CC1. The summed E-state index contributed by atoms with van der Waals surface area (Å²) in [5.41, 5.74) is 7.82. The zero-order valence-corrected chi connectivity index (χ0v) is 10.7. The molecule has 2 aromatic rings. The molecule has 94 valence electrons. The minimum absolute atomic E-state index is 0.552. The van der Waals surface area contributed by atoms with Crippen LogP contribution in [0.3, 0.4) is 0 Å². The summed E-state index contributed by atoms with van der Waals surface area (Å²) in [7, 11) is 0. The van der Waals surface area contributed by atoms with Crippen molar-refractivity contribution in [1.29, 1.82) is 0 Å². The van der Waals surface area contributed by atoms with E-state index >= 15 is 0 Å². The van der Waals surface area contributed by atoms with E-state index in [1.54, 1.807) is 6.26 Å². The van der Waals surface area contributed by atoms with E-state index in [4.69, 9.17) is 21.8 Å². The van der Waals surface area contributed by atoms with Crippen LogP contribution in [0.1, 0.15) is 18.6 Å². The van der Waals surface area contributed by atoms with Crippen molar-refractivity contribution in [2.24, 2.45) is 0 Å². The lowest BCUT2D eigenvalue weighted by atomic mass is 10.2. The number of furan rings is 1. The fourth-order valence-electron chi connectivity index (χ4n) is 2.13. The minimum atomic E-state index is 0.552. The first-order valence-electron chi connectivity index (χ1n) is 6.08. The molecule has 2 N–H and O–H groups in total. The molecular weight excluding hydrogens is 248 g/mol. The molecule has 1 aromatic heterocycles. The maximum atomic E-state index is 6.06. The van der Waals surface area contributed by atoms with Crippen molar-refractivity contribution in [2.75, 3.05) is 10.6 Å². The molecule has 1 fully saturated rings. The first-order chi connectivity index (χ1) is 8.74. The van der Waals surface area contributed by atoms with Gasteiger partial charge in [-0.25, -0.2) is 0 Å². The highest BCUT2D eigenvalue weighted by atomic mass is 35.5. The maximum absolute atomic E-state index is 6.06. The molecule has 1 aromatic carbocycles. The second kappa shape index (κ2) is 4.58. The van der Waals surface area contributed by atoms with Gasteiger partial charge in [-0.15, -0.1) is 0 Å². The van der Waals surface area contributed by atoms with Gasteiger partial charge < -0.3 is 15.1 Å². The van der Waals surface area contributed by atoms with Crippen LogP contribution in [0.25, 0.3) is 0 Å². The molecule has 0 spiro atoms. The van der Waals surface area contributed by atoms with E-state index in [-0.39, 0.29) is 0 Å². The van der Waals surface area contributed by atoms with Crippen molar-refractivity contribution in [1.82, 2.24) is 0 Å². The largest absolute Gasteiger partial charge is 0.467 e. The van der Waals surface area contributed by atoms with E-state index in [1.165, 1.54) is 12.8 Å². The Morgan fingerprint density at radius 3 is 2.83 bits per heavy atom. The molecule has 3 rings (SSSR count). The van der Waals surface area contributed by atoms with Crippen LogP contribution < -0.4 is 10.6 Å². The van der Waals surface area contributed by atoms with Crippen LogP contribution in [-0.2, 0) is 6.54 Å². The Balaban J connectivity index is 1.91. The zero-order chi connectivity index (χ0) is 12.5. The average molecular weight is 263 g/mol. The highest BCUT2D eigenvalue weighted by Gasteiger charge is 2.30. The summed E-state index contributed by atoms with van der Waals surface area (Å²) in [5, 5.41) is 0.712. The molecule has 0 radical (unpaired) electrons. The van der Waals surface area contributed by atoms with Crippen molar-refractivity contribution in [2.45, 2.75) is 25.4 Å². The summed E-state index contributed by atoms with van der Waals surface area (Å²) in [5.74, 6) is 0.946. The Morgan fingerprint density at radius 2 is 2.17 bits per heavy atom. The maximum Gasteiger partial charge on any atom is 0.123 e. The topological polar surface area (TPSA) is 42.4 Å². The minimum Gasteiger partial charge on any atom is -0.467 e. The van der Waals surface area contributed by atoms with Gasteiger partial charge in [0.05, 0.1) is 24.2 Å². The van der Waals surface area contributed by atoms with E-state index in [2.05, 4.69) is 4.90 Å². The predicted octanol–water partition coefficient (Wildman–Crippen LogP) is 3.68. The molecule has 3 nitrogen and oxygen atoms in total. The van der Waals surface area contributed by atoms with Crippen LogP contribution in [-0.4, -0.2) is 6.04 Å². The third-order valence-corrected chi connectivity index (χ3v) is 3.43. The normalized spacial score (nSPS) is 14.7.